The molecular weight excluding hydrogens is 549 g/mol. The van der Waals surface area contributed by atoms with Crippen LogP contribution in [0.4, 0.5) is 0 Å². The van der Waals surface area contributed by atoms with E-state index in [4.69, 9.17) is 27.9 Å². The molecule has 1 aliphatic rings. The van der Waals surface area contributed by atoms with Gasteiger partial charge >= 0.3 is 5.97 Å². The van der Waals surface area contributed by atoms with E-state index < -0.39 is 12.0 Å². The first-order valence-electron chi connectivity index (χ1n) is 11.6. The normalized spacial score (nSPS) is 15.6. The van der Waals surface area contributed by atoms with Crippen molar-refractivity contribution >= 4 is 57.9 Å². The molecule has 0 N–H and O–H groups in total. The lowest BCUT2D eigenvalue weighted by atomic mass is 10.0. The maximum absolute atomic E-state index is 13.8. The number of aryl methyl sites for hydroxylation is 1. The lowest BCUT2D eigenvalue weighted by molar-refractivity contribution is -0.139. The molecule has 1 aromatic carbocycles. The monoisotopic (exact) mass is 571 g/mol. The molecule has 1 atom stereocenters. The predicted octanol–water partition coefficient (Wildman–Crippen LogP) is 5.57. The molecule has 0 saturated heterocycles. The number of hydrogen-bond donors (Lipinski definition) is 0. The number of ether oxygens (including phenoxy) is 1. The van der Waals surface area contributed by atoms with Crippen molar-refractivity contribution in [3.8, 4) is 5.69 Å². The van der Waals surface area contributed by atoms with E-state index in [1.165, 1.54) is 22.7 Å². The second kappa shape index (κ2) is 10.1. The van der Waals surface area contributed by atoms with Crippen molar-refractivity contribution < 1.29 is 9.53 Å². The summed E-state index contributed by atoms with van der Waals surface area (Å²) >= 11 is 15.2. The largest absolute Gasteiger partial charge is 0.463 e. The average Bonchev–Trinajstić information content (AvgIpc) is 3.55. The molecule has 5 rings (SSSR count). The highest BCUT2D eigenvalue weighted by Crippen LogP contribution is 2.33. The third kappa shape index (κ3) is 4.52. The number of rotatable bonds is 5. The minimum Gasteiger partial charge on any atom is -0.463 e. The second-order valence-corrected chi connectivity index (χ2v) is 11.4. The van der Waals surface area contributed by atoms with E-state index in [2.05, 4.69) is 9.56 Å². The molecule has 0 saturated carbocycles. The number of benzene rings is 1. The van der Waals surface area contributed by atoms with Crippen LogP contribution in [0.3, 0.4) is 0 Å². The van der Waals surface area contributed by atoms with E-state index in [1.807, 2.05) is 55.6 Å². The van der Waals surface area contributed by atoms with Crippen LogP contribution in [0.2, 0.25) is 10.0 Å². The van der Waals surface area contributed by atoms with Crippen molar-refractivity contribution in [3.05, 3.63) is 105 Å². The molecule has 0 spiro atoms. The number of thiazole rings is 1. The average molecular weight is 573 g/mol. The number of thiophene rings is 1. The van der Waals surface area contributed by atoms with Crippen molar-refractivity contribution in [1.82, 2.24) is 9.13 Å². The van der Waals surface area contributed by atoms with Crippen LogP contribution in [0.1, 0.15) is 41.7 Å². The van der Waals surface area contributed by atoms with Crippen LogP contribution in [0.5, 0.6) is 0 Å². The van der Waals surface area contributed by atoms with Crippen LogP contribution in [-0.4, -0.2) is 21.7 Å². The molecule has 0 bridgehead atoms. The van der Waals surface area contributed by atoms with Crippen LogP contribution in [0.25, 0.3) is 11.8 Å². The highest BCUT2D eigenvalue weighted by Gasteiger charge is 2.33. The Bertz CT molecular complexity index is 1740. The summed E-state index contributed by atoms with van der Waals surface area (Å²) in [5.74, 6) is -0.457. The van der Waals surface area contributed by atoms with Crippen LogP contribution in [0.15, 0.2) is 62.8 Å². The lowest BCUT2D eigenvalue weighted by Gasteiger charge is -2.23. The van der Waals surface area contributed by atoms with E-state index in [1.54, 1.807) is 24.5 Å². The Labute approximate surface area is 231 Å². The van der Waals surface area contributed by atoms with Crippen molar-refractivity contribution in [2.45, 2.75) is 33.7 Å². The molecule has 3 aromatic heterocycles. The van der Waals surface area contributed by atoms with Gasteiger partial charge in [-0.1, -0.05) is 40.6 Å². The summed E-state index contributed by atoms with van der Waals surface area (Å²) in [7, 11) is 0. The highest BCUT2D eigenvalue weighted by molar-refractivity contribution is 7.10. The smallest absolute Gasteiger partial charge is 0.338 e. The fourth-order valence-electron chi connectivity index (χ4n) is 4.60. The maximum Gasteiger partial charge on any atom is 0.338 e. The van der Waals surface area contributed by atoms with Gasteiger partial charge in [-0.3, -0.25) is 9.36 Å². The van der Waals surface area contributed by atoms with Gasteiger partial charge in [0.25, 0.3) is 5.56 Å². The molecule has 1 aliphatic heterocycles. The van der Waals surface area contributed by atoms with Gasteiger partial charge in [-0.25, -0.2) is 9.79 Å². The van der Waals surface area contributed by atoms with Gasteiger partial charge in [0.05, 0.1) is 32.5 Å². The molecule has 4 aromatic rings. The number of allylic oxidation sites excluding steroid dienone is 1. The molecule has 0 amide bonds. The van der Waals surface area contributed by atoms with Crippen molar-refractivity contribution in [1.29, 1.82) is 0 Å². The summed E-state index contributed by atoms with van der Waals surface area (Å²) in [6.45, 7) is 7.79. The third-order valence-corrected chi connectivity index (χ3v) is 8.89. The molecule has 10 heteroatoms. The zero-order valence-corrected chi connectivity index (χ0v) is 23.7. The Kier molecular flexibility index (Phi) is 7.02. The SMILES string of the molecule is CCOC(=O)C1=C(C)N=c2s/c(=C/c3cc(C)n(-c4ccc(Cl)c(Cl)c4)c3C)c(=O)n2[C@@H]1c1cccs1. The first kappa shape index (κ1) is 25.7. The summed E-state index contributed by atoms with van der Waals surface area (Å²) in [5.41, 5.74) is 4.49. The van der Waals surface area contributed by atoms with Gasteiger partial charge in [0.2, 0.25) is 0 Å². The van der Waals surface area contributed by atoms with Crippen LogP contribution in [-0.2, 0) is 9.53 Å². The molecule has 4 heterocycles. The summed E-state index contributed by atoms with van der Waals surface area (Å²) in [6.07, 6.45) is 1.88. The first-order valence-corrected chi connectivity index (χ1v) is 14.0. The fourth-order valence-corrected chi connectivity index (χ4v) is 6.76. The summed E-state index contributed by atoms with van der Waals surface area (Å²) in [4.78, 5) is 32.8. The van der Waals surface area contributed by atoms with Gasteiger partial charge in [0, 0.05) is 22.0 Å². The van der Waals surface area contributed by atoms with Gasteiger partial charge < -0.3 is 9.30 Å². The zero-order chi connectivity index (χ0) is 26.4. The van der Waals surface area contributed by atoms with Gasteiger partial charge in [-0.15, -0.1) is 11.3 Å². The van der Waals surface area contributed by atoms with Crippen molar-refractivity contribution in [2.75, 3.05) is 6.61 Å². The number of fused-ring (bicyclic) bond motifs is 1. The Morgan fingerprint density at radius 3 is 2.62 bits per heavy atom. The summed E-state index contributed by atoms with van der Waals surface area (Å²) < 4.78 is 9.55. The van der Waals surface area contributed by atoms with Crippen molar-refractivity contribution in [3.63, 3.8) is 0 Å². The zero-order valence-electron chi connectivity index (χ0n) is 20.5. The predicted molar refractivity (Wildman–Crippen MR) is 150 cm³/mol. The Morgan fingerprint density at radius 1 is 1.16 bits per heavy atom. The van der Waals surface area contributed by atoms with Gasteiger partial charge in [0.1, 0.15) is 6.04 Å². The lowest BCUT2D eigenvalue weighted by Crippen LogP contribution is -2.39. The number of carbonyl (C=O) groups is 1. The molecule has 6 nitrogen and oxygen atoms in total. The number of carbonyl (C=O) groups excluding carboxylic acids is 1. The van der Waals surface area contributed by atoms with E-state index in [9.17, 15) is 9.59 Å². The van der Waals surface area contributed by atoms with Crippen LogP contribution < -0.4 is 14.9 Å². The standard InChI is InChI=1S/C27H23Cl2N3O3S2/c1-5-35-26(34)23-15(3)30-27-32(24(23)21-7-6-10-36-21)25(33)22(37-27)12-17-11-14(2)31(16(17)4)18-8-9-19(28)20(29)13-18/h6-13,24H,5H2,1-4H3/b22-12+/t24-/m1/s1. The molecule has 0 unspecified atom stereocenters. The van der Waals surface area contributed by atoms with E-state index in [0.29, 0.717) is 30.6 Å². The van der Waals surface area contributed by atoms with Gasteiger partial charge in [-0.2, -0.15) is 0 Å². The minimum atomic E-state index is -0.582. The first-order chi connectivity index (χ1) is 17.7. The number of esters is 1. The number of halogens is 2. The van der Waals surface area contributed by atoms with Crippen LogP contribution >= 0.6 is 45.9 Å². The van der Waals surface area contributed by atoms with Gasteiger partial charge in [0.15, 0.2) is 4.80 Å². The third-order valence-electron chi connectivity index (χ3n) is 6.25. The second-order valence-electron chi connectivity index (χ2n) is 8.58. The minimum absolute atomic E-state index is 0.198. The molecular formula is C27H23Cl2N3O3S2. The molecule has 0 radical (unpaired) electrons. The fraction of sp³-hybridized carbons (Fsp3) is 0.222. The van der Waals surface area contributed by atoms with E-state index in [0.717, 1.165) is 27.5 Å². The number of nitrogens with zero attached hydrogens (tertiary/aromatic N) is 3. The topological polar surface area (TPSA) is 65.6 Å². The van der Waals surface area contributed by atoms with Crippen LogP contribution in [0, 0.1) is 13.8 Å². The molecule has 190 valence electrons. The highest BCUT2D eigenvalue weighted by atomic mass is 35.5. The molecule has 37 heavy (non-hydrogen) atoms. The van der Waals surface area contributed by atoms with Gasteiger partial charge in [-0.05, 0) is 75.0 Å². The summed E-state index contributed by atoms with van der Waals surface area (Å²) in [5, 5.41) is 2.90. The number of hydrogen-bond acceptors (Lipinski definition) is 6. The quantitative estimate of drug-likeness (QED) is 0.294. The number of aromatic nitrogens is 2. The van der Waals surface area contributed by atoms with E-state index >= 15 is 0 Å². The van der Waals surface area contributed by atoms with E-state index in [-0.39, 0.29) is 12.2 Å². The Balaban J connectivity index is 1.67. The summed E-state index contributed by atoms with van der Waals surface area (Å²) in [6, 6.07) is 10.8. The van der Waals surface area contributed by atoms with Crippen molar-refractivity contribution in [2.24, 2.45) is 4.99 Å². The maximum atomic E-state index is 13.8. The Morgan fingerprint density at radius 2 is 1.95 bits per heavy atom. The Hall–Kier alpha value is -2.91. The molecule has 0 fully saturated rings. The molecule has 0 aliphatic carbocycles.